The molecule has 0 fully saturated rings. The Morgan fingerprint density at radius 2 is 2.20 bits per heavy atom. The third-order valence-electron chi connectivity index (χ3n) is 1.37. The Morgan fingerprint density at radius 3 is 2.70 bits per heavy atom. The lowest BCUT2D eigenvalue weighted by Crippen LogP contribution is -1.88. The van der Waals surface area contributed by atoms with Gasteiger partial charge in [-0.1, -0.05) is 0 Å². The number of methoxy groups -OCH3 is 1. The van der Waals surface area contributed by atoms with E-state index in [0.717, 1.165) is 5.75 Å². The fourth-order valence-corrected chi connectivity index (χ4v) is 1.18. The molecule has 1 rings (SSSR count). The van der Waals surface area contributed by atoms with Gasteiger partial charge in [0.2, 0.25) is 0 Å². The molecule has 1 nitrogen and oxygen atoms in total. The molecule has 0 saturated carbocycles. The zero-order valence-corrected chi connectivity index (χ0v) is 8.10. The fourth-order valence-electron chi connectivity index (χ4n) is 0.737. The van der Waals surface area contributed by atoms with Crippen LogP contribution in [0.3, 0.4) is 0 Å². The number of rotatable bonds is 1. The van der Waals surface area contributed by atoms with Crippen molar-refractivity contribution in [2.75, 3.05) is 7.11 Å². The molecule has 1 aromatic carbocycles. The Balaban J connectivity index is 3.14. The van der Waals surface area contributed by atoms with Gasteiger partial charge in [0, 0.05) is 9.13 Å². The van der Waals surface area contributed by atoms with Crippen LogP contribution >= 0.6 is 22.6 Å². The van der Waals surface area contributed by atoms with E-state index < -0.39 is 0 Å². The van der Waals surface area contributed by atoms with Gasteiger partial charge in [0.05, 0.1) is 7.11 Å². The van der Waals surface area contributed by atoms with Crippen LogP contribution in [0.4, 0.5) is 0 Å². The first-order valence-corrected chi connectivity index (χ1v) is 4.03. The van der Waals surface area contributed by atoms with Crippen LogP contribution in [0.5, 0.6) is 5.75 Å². The predicted molar refractivity (Wildman–Crippen MR) is 49.3 cm³/mol. The SMILES string of the molecule is COc1c[c]cc(I)c1C. The van der Waals surface area contributed by atoms with Crippen LogP contribution in [0.15, 0.2) is 12.1 Å². The molecule has 0 bridgehead atoms. The van der Waals surface area contributed by atoms with Crippen LogP contribution in [0.1, 0.15) is 5.56 Å². The molecule has 0 saturated heterocycles. The summed E-state index contributed by atoms with van der Waals surface area (Å²) in [5.74, 6) is 0.909. The minimum Gasteiger partial charge on any atom is -0.496 e. The Bertz CT molecular complexity index is 233. The van der Waals surface area contributed by atoms with Crippen molar-refractivity contribution in [2.24, 2.45) is 0 Å². The topological polar surface area (TPSA) is 9.23 Å². The Hall–Kier alpha value is -0.250. The van der Waals surface area contributed by atoms with Crippen molar-refractivity contribution in [3.8, 4) is 5.75 Å². The summed E-state index contributed by atoms with van der Waals surface area (Å²) >= 11 is 2.26. The summed E-state index contributed by atoms with van der Waals surface area (Å²) in [5, 5.41) is 0. The van der Waals surface area contributed by atoms with Gasteiger partial charge >= 0.3 is 0 Å². The zero-order valence-electron chi connectivity index (χ0n) is 5.94. The molecule has 1 aromatic rings. The molecule has 0 aliphatic rings. The molecule has 0 aromatic heterocycles. The quantitative estimate of drug-likeness (QED) is 0.692. The average molecular weight is 247 g/mol. The van der Waals surface area contributed by atoms with Crippen molar-refractivity contribution in [3.63, 3.8) is 0 Å². The van der Waals surface area contributed by atoms with Gasteiger partial charge in [-0.15, -0.1) is 0 Å². The van der Waals surface area contributed by atoms with E-state index in [1.165, 1.54) is 9.13 Å². The van der Waals surface area contributed by atoms with Crippen LogP contribution in [0.25, 0.3) is 0 Å². The first-order valence-electron chi connectivity index (χ1n) is 2.96. The molecule has 0 atom stereocenters. The molecule has 0 N–H and O–H groups in total. The summed E-state index contributed by atoms with van der Waals surface area (Å²) in [7, 11) is 1.67. The normalized spacial score (nSPS) is 9.50. The molecule has 0 aliphatic heterocycles. The standard InChI is InChI=1S/C8H8IO/c1-6-7(9)4-3-5-8(6)10-2/h4-5H,1-2H3. The molecule has 2 heteroatoms. The smallest absolute Gasteiger partial charge is 0.123 e. The second kappa shape index (κ2) is 3.23. The highest BCUT2D eigenvalue weighted by molar-refractivity contribution is 14.1. The second-order valence-corrected chi connectivity index (χ2v) is 3.16. The summed E-state index contributed by atoms with van der Waals surface area (Å²) in [6.07, 6.45) is 0. The summed E-state index contributed by atoms with van der Waals surface area (Å²) in [6.45, 7) is 2.04. The van der Waals surface area contributed by atoms with Crippen molar-refractivity contribution >= 4 is 22.6 Å². The molecular weight excluding hydrogens is 239 g/mol. The molecule has 53 valence electrons. The monoisotopic (exact) mass is 247 g/mol. The summed E-state index contributed by atoms with van der Waals surface area (Å²) < 4.78 is 6.28. The number of benzene rings is 1. The van der Waals surface area contributed by atoms with Crippen molar-refractivity contribution in [2.45, 2.75) is 6.92 Å². The molecule has 0 unspecified atom stereocenters. The van der Waals surface area contributed by atoms with E-state index >= 15 is 0 Å². The lowest BCUT2D eigenvalue weighted by molar-refractivity contribution is 0.411. The van der Waals surface area contributed by atoms with Crippen molar-refractivity contribution in [1.29, 1.82) is 0 Å². The predicted octanol–water partition coefficient (Wildman–Crippen LogP) is 2.41. The maximum absolute atomic E-state index is 5.09. The Morgan fingerprint density at radius 1 is 1.50 bits per heavy atom. The van der Waals surface area contributed by atoms with Gasteiger partial charge in [-0.2, -0.15) is 0 Å². The Kier molecular flexibility index (Phi) is 2.54. The van der Waals surface area contributed by atoms with Crippen molar-refractivity contribution in [1.82, 2.24) is 0 Å². The van der Waals surface area contributed by atoms with E-state index in [2.05, 4.69) is 28.7 Å². The number of hydrogen-bond acceptors (Lipinski definition) is 1. The minimum absolute atomic E-state index is 0.909. The van der Waals surface area contributed by atoms with Gasteiger partial charge < -0.3 is 4.74 Å². The highest BCUT2D eigenvalue weighted by atomic mass is 127. The van der Waals surface area contributed by atoms with Crippen LogP contribution in [-0.2, 0) is 0 Å². The van der Waals surface area contributed by atoms with Crippen molar-refractivity contribution in [3.05, 3.63) is 27.3 Å². The highest BCUT2D eigenvalue weighted by Crippen LogP contribution is 2.21. The lowest BCUT2D eigenvalue weighted by atomic mass is 10.2. The molecule has 0 spiro atoms. The molecule has 1 radical (unpaired) electrons. The van der Waals surface area contributed by atoms with Gasteiger partial charge in [-0.3, -0.25) is 0 Å². The highest BCUT2D eigenvalue weighted by Gasteiger charge is 1.98. The third kappa shape index (κ3) is 1.42. The first-order chi connectivity index (χ1) is 4.75. The zero-order chi connectivity index (χ0) is 7.56. The molecular formula is C8H8IO. The van der Waals surface area contributed by atoms with Gasteiger partial charge in [-0.05, 0) is 47.7 Å². The van der Waals surface area contributed by atoms with E-state index in [0.29, 0.717) is 0 Å². The van der Waals surface area contributed by atoms with Crippen LogP contribution < -0.4 is 4.74 Å². The molecule has 10 heavy (non-hydrogen) atoms. The number of ether oxygens (including phenoxy) is 1. The first kappa shape index (κ1) is 7.85. The van der Waals surface area contributed by atoms with Crippen LogP contribution in [0, 0.1) is 16.6 Å². The molecule has 0 amide bonds. The van der Waals surface area contributed by atoms with Gasteiger partial charge in [0.25, 0.3) is 0 Å². The Labute approximate surface area is 74.5 Å². The fraction of sp³-hybridized carbons (Fsp3) is 0.250. The van der Waals surface area contributed by atoms with E-state index in [9.17, 15) is 0 Å². The van der Waals surface area contributed by atoms with Gasteiger partial charge in [-0.25, -0.2) is 0 Å². The van der Waals surface area contributed by atoms with E-state index in [1.807, 2.05) is 19.1 Å². The molecule has 0 heterocycles. The van der Waals surface area contributed by atoms with Crippen molar-refractivity contribution < 1.29 is 4.74 Å². The molecule has 0 aliphatic carbocycles. The largest absolute Gasteiger partial charge is 0.496 e. The van der Waals surface area contributed by atoms with E-state index in [4.69, 9.17) is 4.74 Å². The maximum Gasteiger partial charge on any atom is 0.123 e. The summed E-state index contributed by atoms with van der Waals surface area (Å²) in [4.78, 5) is 0. The second-order valence-electron chi connectivity index (χ2n) is 2.00. The van der Waals surface area contributed by atoms with Crippen LogP contribution in [-0.4, -0.2) is 7.11 Å². The van der Waals surface area contributed by atoms with E-state index in [-0.39, 0.29) is 0 Å². The average Bonchev–Trinajstić information content (AvgIpc) is 1.95. The van der Waals surface area contributed by atoms with Gasteiger partial charge in [0.1, 0.15) is 5.75 Å². The summed E-state index contributed by atoms with van der Waals surface area (Å²) in [5.41, 5.74) is 1.18. The lowest BCUT2D eigenvalue weighted by Gasteiger charge is -2.03. The number of hydrogen-bond donors (Lipinski definition) is 0. The minimum atomic E-state index is 0.909. The number of halogens is 1. The van der Waals surface area contributed by atoms with E-state index in [1.54, 1.807) is 7.11 Å². The summed E-state index contributed by atoms with van der Waals surface area (Å²) in [6, 6.07) is 6.78. The maximum atomic E-state index is 5.09. The third-order valence-corrected chi connectivity index (χ3v) is 2.49. The van der Waals surface area contributed by atoms with Gasteiger partial charge in [0.15, 0.2) is 0 Å². The van der Waals surface area contributed by atoms with Crippen LogP contribution in [0.2, 0.25) is 0 Å².